The van der Waals surface area contributed by atoms with Gasteiger partial charge in [0.25, 0.3) is 0 Å². The van der Waals surface area contributed by atoms with Gasteiger partial charge in [-0.25, -0.2) is 0 Å². The summed E-state index contributed by atoms with van der Waals surface area (Å²) in [6.07, 6.45) is 0. The van der Waals surface area contributed by atoms with Crippen LogP contribution in [-0.4, -0.2) is 16.8 Å². The molecule has 7 heteroatoms. The van der Waals surface area contributed by atoms with Gasteiger partial charge in [0.2, 0.25) is 5.91 Å². The van der Waals surface area contributed by atoms with E-state index in [2.05, 4.69) is 15.6 Å². The average Bonchev–Trinajstić information content (AvgIpc) is 3.11. The molecule has 0 saturated heterocycles. The number of benzene rings is 2. The van der Waals surface area contributed by atoms with Crippen LogP contribution < -0.4 is 5.32 Å². The number of hydrogen-bond donors (Lipinski definition) is 1. The van der Waals surface area contributed by atoms with Gasteiger partial charge in [-0.2, -0.15) is 0 Å². The van der Waals surface area contributed by atoms with Crippen molar-refractivity contribution in [3.8, 4) is 11.3 Å². The van der Waals surface area contributed by atoms with Gasteiger partial charge in [0.05, 0.1) is 5.71 Å². The molecule has 1 aromatic heterocycles. The number of aromatic nitrogens is 1. The van der Waals surface area contributed by atoms with Crippen LogP contribution in [0.15, 0.2) is 64.3 Å². The summed E-state index contributed by atoms with van der Waals surface area (Å²) in [5, 5.41) is 11.5. The third kappa shape index (κ3) is 5.18. The molecular weight excluding hydrogens is 366 g/mol. The zero-order chi connectivity index (χ0) is 19.2. The minimum Gasteiger partial charge on any atom is -0.387 e. The maximum atomic E-state index is 11.0. The fourth-order valence-electron chi connectivity index (χ4n) is 2.38. The molecule has 138 valence electrons. The summed E-state index contributed by atoms with van der Waals surface area (Å²) in [6.45, 7) is 3.48. The highest BCUT2D eigenvalue weighted by atomic mass is 35.5. The predicted molar refractivity (Wildman–Crippen MR) is 105 cm³/mol. The second-order valence-corrected chi connectivity index (χ2v) is 6.33. The summed E-state index contributed by atoms with van der Waals surface area (Å²) in [5.74, 6) is 0.457. The van der Waals surface area contributed by atoms with Gasteiger partial charge in [-0.05, 0) is 36.8 Å². The van der Waals surface area contributed by atoms with E-state index in [0.717, 1.165) is 16.8 Å². The minimum atomic E-state index is -0.110. The zero-order valence-electron chi connectivity index (χ0n) is 14.9. The van der Waals surface area contributed by atoms with Gasteiger partial charge >= 0.3 is 0 Å². The van der Waals surface area contributed by atoms with Crippen molar-refractivity contribution in [1.29, 1.82) is 0 Å². The number of amides is 1. The number of oxime groups is 1. The number of hydrogen-bond acceptors (Lipinski definition) is 5. The molecule has 0 unspecified atom stereocenters. The molecule has 3 rings (SSSR count). The summed E-state index contributed by atoms with van der Waals surface area (Å²) < 4.78 is 5.27. The largest absolute Gasteiger partial charge is 0.387 e. The van der Waals surface area contributed by atoms with E-state index >= 15 is 0 Å². The molecule has 0 radical (unpaired) electrons. The quantitative estimate of drug-likeness (QED) is 0.485. The second kappa shape index (κ2) is 8.51. The number of halogens is 1. The SMILES string of the molecule is CC(=O)Nc1ccc(/C(C)=N/OCc2cc(-c3ccc(Cl)cc3)no2)cc1. The van der Waals surface area contributed by atoms with E-state index in [0.29, 0.717) is 22.2 Å². The Hall–Kier alpha value is -3.12. The van der Waals surface area contributed by atoms with Gasteiger partial charge in [-0.15, -0.1) is 0 Å². The first-order valence-corrected chi connectivity index (χ1v) is 8.65. The lowest BCUT2D eigenvalue weighted by Crippen LogP contribution is -2.06. The first-order chi connectivity index (χ1) is 13.0. The van der Waals surface area contributed by atoms with E-state index in [4.69, 9.17) is 21.0 Å². The number of rotatable bonds is 6. The van der Waals surface area contributed by atoms with Crippen LogP contribution in [0.2, 0.25) is 5.02 Å². The molecule has 0 aliphatic carbocycles. The average molecular weight is 384 g/mol. The first kappa shape index (κ1) is 18.7. The number of anilines is 1. The third-order valence-electron chi connectivity index (χ3n) is 3.73. The highest BCUT2D eigenvalue weighted by Crippen LogP contribution is 2.21. The molecule has 6 nitrogen and oxygen atoms in total. The van der Waals surface area contributed by atoms with Crippen molar-refractivity contribution in [2.45, 2.75) is 20.5 Å². The molecule has 2 aromatic carbocycles. The van der Waals surface area contributed by atoms with Crippen LogP contribution in [0.3, 0.4) is 0 Å². The van der Waals surface area contributed by atoms with Crippen LogP contribution in [0.1, 0.15) is 25.2 Å². The molecule has 0 bridgehead atoms. The van der Waals surface area contributed by atoms with Crippen molar-refractivity contribution in [2.24, 2.45) is 5.16 Å². The molecule has 27 heavy (non-hydrogen) atoms. The van der Waals surface area contributed by atoms with E-state index in [1.54, 1.807) is 18.2 Å². The van der Waals surface area contributed by atoms with E-state index in [-0.39, 0.29) is 12.5 Å². The Bertz CT molecular complexity index is 947. The van der Waals surface area contributed by atoms with Crippen LogP contribution in [0.5, 0.6) is 0 Å². The minimum absolute atomic E-state index is 0.110. The Morgan fingerprint density at radius 3 is 2.52 bits per heavy atom. The van der Waals surface area contributed by atoms with Crippen molar-refractivity contribution >= 4 is 28.9 Å². The fourth-order valence-corrected chi connectivity index (χ4v) is 2.51. The summed E-state index contributed by atoms with van der Waals surface area (Å²) >= 11 is 5.89. The molecular formula is C20H18ClN3O3. The molecule has 1 amide bonds. The van der Waals surface area contributed by atoms with E-state index in [9.17, 15) is 4.79 Å². The summed E-state index contributed by atoms with van der Waals surface area (Å²) in [5.41, 5.74) is 3.95. The van der Waals surface area contributed by atoms with E-state index in [1.807, 2.05) is 43.3 Å². The molecule has 0 aliphatic rings. The standard InChI is InChI=1S/C20H18ClN3O3/c1-13(15-5-9-18(10-6-15)22-14(2)25)23-26-12-19-11-20(24-27-19)16-3-7-17(21)8-4-16/h3-11H,12H2,1-2H3,(H,22,25)/b23-13+. The molecule has 0 saturated carbocycles. The number of nitrogens with zero attached hydrogens (tertiary/aromatic N) is 2. The van der Waals surface area contributed by atoms with Gasteiger partial charge in [0, 0.05) is 29.3 Å². The lowest BCUT2D eigenvalue weighted by Gasteiger charge is -2.04. The van der Waals surface area contributed by atoms with Gasteiger partial charge in [-0.3, -0.25) is 4.79 Å². The zero-order valence-corrected chi connectivity index (χ0v) is 15.7. The lowest BCUT2D eigenvalue weighted by molar-refractivity contribution is -0.114. The van der Waals surface area contributed by atoms with Crippen LogP contribution in [0.25, 0.3) is 11.3 Å². The molecule has 1 heterocycles. The van der Waals surface area contributed by atoms with Crippen molar-refractivity contribution in [2.75, 3.05) is 5.32 Å². The lowest BCUT2D eigenvalue weighted by atomic mass is 10.1. The van der Waals surface area contributed by atoms with Gasteiger partial charge in [0.1, 0.15) is 5.69 Å². The molecule has 0 spiro atoms. The van der Waals surface area contributed by atoms with Gasteiger partial charge in [0.15, 0.2) is 12.4 Å². The maximum Gasteiger partial charge on any atom is 0.221 e. The van der Waals surface area contributed by atoms with Crippen LogP contribution >= 0.6 is 11.6 Å². The molecule has 1 N–H and O–H groups in total. The Balaban J connectivity index is 1.58. The Morgan fingerprint density at radius 1 is 1.15 bits per heavy atom. The van der Waals surface area contributed by atoms with Crippen molar-refractivity contribution < 1.29 is 14.2 Å². The summed E-state index contributed by atoms with van der Waals surface area (Å²) in [6, 6.07) is 16.5. The van der Waals surface area contributed by atoms with Crippen LogP contribution in [-0.2, 0) is 16.2 Å². The smallest absolute Gasteiger partial charge is 0.221 e. The molecule has 0 atom stereocenters. The highest BCUT2D eigenvalue weighted by molar-refractivity contribution is 6.30. The topological polar surface area (TPSA) is 76.7 Å². The Kier molecular flexibility index (Phi) is 5.88. The van der Waals surface area contributed by atoms with Crippen molar-refractivity contribution in [3.63, 3.8) is 0 Å². The second-order valence-electron chi connectivity index (χ2n) is 5.89. The van der Waals surface area contributed by atoms with Crippen molar-refractivity contribution in [1.82, 2.24) is 5.16 Å². The maximum absolute atomic E-state index is 11.0. The monoisotopic (exact) mass is 383 g/mol. The van der Waals surface area contributed by atoms with Crippen LogP contribution in [0.4, 0.5) is 5.69 Å². The predicted octanol–water partition coefficient (Wildman–Crippen LogP) is 4.89. The first-order valence-electron chi connectivity index (χ1n) is 8.27. The summed E-state index contributed by atoms with van der Waals surface area (Å²) in [7, 11) is 0. The Labute approximate surface area is 161 Å². The number of carbonyl (C=O) groups is 1. The highest BCUT2D eigenvalue weighted by Gasteiger charge is 2.07. The third-order valence-corrected chi connectivity index (χ3v) is 3.98. The van der Waals surface area contributed by atoms with E-state index in [1.165, 1.54) is 6.92 Å². The number of nitrogens with one attached hydrogen (secondary N) is 1. The van der Waals surface area contributed by atoms with Gasteiger partial charge < -0.3 is 14.7 Å². The molecule has 0 fully saturated rings. The van der Waals surface area contributed by atoms with E-state index < -0.39 is 0 Å². The molecule has 0 aliphatic heterocycles. The summed E-state index contributed by atoms with van der Waals surface area (Å²) in [4.78, 5) is 16.4. The fraction of sp³-hybridized carbons (Fsp3) is 0.150. The Morgan fingerprint density at radius 2 is 1.85 bits per heavy atom. The van der Waals surface area contributed by atoms with Crippen molar-refractivity contribution in [3.05, 3.63) is 70.9 Å². The van der Waals surface area contributed by atoms with Gasteiger partial charge in [-0.1, -0.05) is 46.2 Å². The normalized spacial score (nSPS) is 11.3. The van der Waals surface area contributed by atoms with Crippen LogP contribution in [0, 0.1) is 0 Å². The number of carbonyl (C=O) groups excluding carboxylic acids is 1. The molecule has 3 aromatic rings.